The number of hydrogen-bond donors (Lipinski definition) is 1. The molecule has 1 aromatic heterocycles. The van der Waals surface area contributed by atoms with Crippen LogP contribution in [0.2, 0.25) is 5.02 Å². The molecule has 0 aliphatic carbocycles. The SMILES string of the molecule is CNCc1cc(COc2ccc(Cl)cc2C)c(C)s1. The molecule has 19 heavy (non-hydrogen) atoms. The fourth-order valence-corrected chi connectivity index (χ4v) is 3.21. The molecular formula is C15H18ClNOS. The normalized spacial score (nSPS) is 10.7. The molecule has 0 fully saturated rings. The van der Waals surface area contributed by atoms with Crippen LogP contribution in [0.25, 0.3) is 0 Å². The molecule has 0 spiro atoms. The third kappa shape index (κ3) is 3.72. The summed E-state index contributed by atoms with van der Waals surface area (Å²) in [6.45, 7) is 5.66. The highest BCUT2D eigenvalue weighted by molar-refractivity contribution is 7.12. The van der Waals surface area contributed by atoms with Gasteiger partial charge in [-0.2, -0.15) is 0 Å². The van der Waals surface area contributed by atoms with Gasteiger partial charge in [0.2, 0.25) is 0 Å². The predicted molar refractivity (Wildman–Crippen MR) is 82.3 cm³/mol. The summed E-state index contributed by atoms with van der Waals surface area (Å²) in [5.41, 5.74) is 2.32. The van der Waals surface area contributed by atoms with Crippen molar-refractivity contribution in [2.75, 3.05) is 7.05 Å². The van der Waals surface area contributed by atoms with Gasteiger partial charge in [-0.05, 0) is 50.7 Å². The molecule has 1 heterocycles. The highest BCUT2D eigenvalue weighted by Crippen LogP contribution is 2.26. The Labute approximate surface area is 123 Å². The number of rotatable bonds is 5. The molecule has 0 bridgehead atoms. The average Bonchev–Trinajstić information content (AvgIpc) is 2.69. The molecule has 0 aliphatic heterocycles. The summed E-state index contributed by atoms with van der Waals surface area (Å²) < 4.78 is 5.88. The van der Waals surface area contributed by atoms with Crippen molar-refractivity contribution >= 4 is 22.9 Å². The number of benzene rings is 1. The van der Waals surface area contributed by atoms with Crippen LogP contribution in [0.4, 0.5) is 0 Å². The lowest BCUT2D eigenvalue weighted by Gasteiger charge is -2.09. The molecule has 0 radical (unpaired) electrons. The maximum Gasteiger partial charge on any atom is 0.122 e. The van der Waals surface area contributed by atoms with Crippen LogP contribution in [0.15, 0.2) is 24.3 Å². The Bertz CT molecular complexity index is 565. The second-order valence-corrected chi connectivity index (χ2v) is 6.30. The zero-order chi connectivity index (χ0) is 13.8. The highest BCUT2D eigenvalue weighted by atomic mass is 35.5. The zero-order valence-electron chi connectivity index (χ0n) is 11.4. The second-order valence-electron chi connectivity index (χ2n) is 4.52. The van der Waals surface area contributed by atoms with Gasteiger partial charge in [0.1, 0.15) is 12.4 Å². The Balaban J connectivity index is 2.05. The quantitative estimate of drug-likeness (QED) is 0.887. The van der Waals surface area contributed by atoms with Gasteiger partial charge in [-0.3, -0.25) is 0 Å². The Morgan fingerprint density at radius 1 is 1.26 bits per heavy atom. The Hall–Kier alpha value is -1.03. The number of nitrogens with one attached hydrogen (secondary N) is 1. The molecule has 0 saturated heterocycles. The number of hydrogen-bond acceptors (Lipinski definition) is 3. The minimum absolute atomic E-state index is 0.606. The number of ether oxygens (including phenoxy) is 1. The van der Waals surface area contributed by atoms with Crippen molar-refractivity contribution in [1.29, 1.82) is 0 Å². The molecule has 0 amide bonds. The van der Waals surface area contributed by atoms with Crippen molar-refractivity contribution in [3.05, 3.63) is 50.2 Å². The highest BCUT2D eigenvalue weighted by Gasteiger charge is 2.07. The van der Waals surface area contributed by atoms with E-state index < -0.39 is 0 Å². The van der Waals surface area contributed by atoms with Crippen molar-refractivity contribution < 1.29 is 4.74 Å². The van der Waals surface area contributed by atoms with Gasteiger partial charge in [-0.15, -0.1) is 11.3 Å². The van der Waals surface area contributed by atoms with E-state index in [0.717, 1.165) is 22.9 Å². The lowest BCUT2D eigenvalue weighted by Crippen LogP contribution is -2.03. The van der Waals surface area contributed by atoms with E-state index in [4.69, 9.17) is 16.3 Å². The Kier molecular flexibility index (Phi) is 4.86. The first-order chi connectivity index (χ1) is 9.10. The van der Waals surface area contributed by atoms with Gasteiger partial charge in [0.25, 0.3) is 0 Å². The molecule has 0 unspecified atom stereocenters. The molecule has 2 aromatic rings. The standard InChI is InChI=1S/C15H18ClNOS/c1-10-6-13(16)4-5-15(10)18-9-12-7-14(8-17-3)19-11(12)2/h4-7,17H,8-9H2,1-3H3. The largest absolute Gasteiger partial charge is 0.489 e. The van der Waals surface area contributed by atoms with E-state index in [0.29, 0.717) is 6.61 Å². The van der Waals surface area contributed by atoms with Crippen LogP contribution in [-0.4, -0.2) is 7.05 Å². The topological polar surface area (TPSA) is 21.3 Å². The molecule has 102 valence electrons. The molecule has 0 atom stereocenters. The van der Waals surface area contributed by atoms with E-state index in [1.807, 2.05) is 43.5 Å². The van der Waals surface area contributed by atoms with Crippen LogP contribution in [0.5, 0.6) is 5.75 Å². The molecule has 1 aromatic carbocycles. The van der Waals surface area contributed by atoms with Gasteiger partial charge < -0.3 is 10.1 Å². The summed E-state index contributed by atoms with van der Waals surface area (Å²) in [6, 6.07) is 7.91. The summed E-state index contributed by atoms with van der Waals surface area (Å²) in [7, 11) is 1.96. The van der Waals surface area contributed by atoms with Crippen molar-refractivity contribution in [3.8, 4) is 5.75 Å². The maximum absolute atomic E-state index is 5.94. The number of halogens is 1. The molecule has 0 saturated carbocycles. The summed E-state index contributed by atoms with van der Waals surface area (Å²) in [5, 5.41) is 3.91. The summed E-state index contributed by atoms with van der Waals surface area (Å²) in [4.78, 5) is 2.66. The van der Waals surface area contributed by atoms with Crippen molar-refractivity contribution in [2.45, 2.75) is 27.0 Å². The van der Waals surface area contributed by atoms with Crippen molar-refractivity contribution in [3.63, 3.8) is 0 Å². The van der Waals surface area contributed by atoms with Crippen LogP contribution < -0.4 is 10.1 Å². The first-order valence-electron chi connectivity index (χ1n) is 6.22. The van der Waals surface area contributed by atoms with E-state index in [-0.39, 0.29) is 0 Å². The fraction of sp³-hybridized carbons (Fsp3) is 0.333. The predicted octanol–water partition coefficient (Wildman–Crippen LogP) is 4.32. The van der Waals surface area contributed by atoms with E-state index in [1.165, 1.54) is 15.3 Å². The van der Waals surface area contributed by atoms with Gasteiger partial charge >= 0.3 is 0 Å². The van der Waals surface area contributed by atoms with E-state index >= 15 is 0 Å². The van der Waals surface area contributed by atoms with Crippen LogP contribution in [0.1, 0.15) is 20.9 Å². The van der Waals surface area contributed by atoms with E-state index in [9.17, 15) is 0 Å². The lowest BCUT2D eigenvalue weighted by molar-refractivity contribution is 0.304. The Morgan fingerprint density at radius 3 is 2.74 bits per heavy atom. The molecular weight excluding hydrogens is 278 g/mol. The van der Waals surface area contributed by atoms with Crippen LogP contribution in [-0.2, 0) is 13.2 Å². The van der Waals surface area contributed by atoms with Gasteiger partial charge in [-0.1, -0.05) is 11.6 Å². The third-order valence-electron chi connectivity index (χ3n) is 2.94. The summed E-state index contributed by atoms with van der Waals surface area (Å²) >= 11 is 7.75. The Morgan fingerprint density at radius 2 is 2.05 bits per heavy atom. The van der Waals surface area contributed by atoms with Gasteiger partial charge in [0, 0.05) is 26.9 Å². The molecule has 4 heteroatoms. The van der Waals surface area contributed by atoms with E-state index in [2.05, 4.69) is 18.3 Å². The third-order valence-corrected chi connectivity index (χ3v) is 4.27. The van der Waals surface area contributed by atoms with Gasteiger partial charge in [0.15, 0.2) is 0 Å². The maximum atomic E-state index is 5.94. The zero-order valence-corrected chi connectivity index (χ0v) is 13.0. The molecule has 0 aliphatic rings. The fourth-order valence-electron chi connectivity index (χ4n) is 1.92. The van der Waals surface area contributed by atoms with Crippen LogP contribution in [0, 0.1) is 13.8 Å². The lowest BCUT2D eigenvalue weighted by atomic mass is 10.2. The number of thiophene rings is 1. The molecule has 2 nitrogen and oxygen atoms in total. The number of aryl methyl sites for hydroxylation is 2. The monoisotopic (exact) mass is 295 g/mol. The van der Waals surface area contributed by atoms with Crippen LogP contribution in [0.3, 0.4) is 0 Å². The van der Waals surface area contributed by atoms with Crippen molar-refractivity contribution in [1.82, 2.24) is 5.32 Å². The average molecular weight is 296 g/mol. The van der Waals surface area contributed by atoms with Crippen LogP contribution >= 0.6 is 22.9 Å². The van der Waals surface area contributed by atoms with Crippen molar-refractivity contribution in [2.24, 2.45) is 0 Å². The summed E-state index contributed by atoms with van der Waals surface area (Å²) in [6.07, 6.45) is 0. The first-order valence-corrected chi connectivity index (χ1v) is 7.41. The van der Waals surface area contributed by atoms with E-state index in [1.54, 1.807) is 0 Å². The van der Waals surface area contributed by atoms with Gasteiger partial charge in [-0.25, -0.2) is 0 Å². The van der Waals surface area contributed by atoms with Gasteiger partial charge in [0.05, 0.1) is 0 Å². The smallest absolute Gasteiger partial charge is 0.122 e. The minimum atomic E-state index is 0.606. The first kappa shape index (κ1) is 14.4. The molecule has 2 rings (SSSR count). The second kappa shape index (κ2) is 6.42. The minimum Gasteiger partial charge on any atom is -0.489 e. The molecule has 1 N–H and O–H groups in total. The summed E-state index contributed by atoms with van der Waals surface area (Å²) in [5.74, 6) is 0.894.